The molecule has 0 heteroatoms. The summed E-state index contributed by atoms with van der Waals surface area (Å²) in [7, 11) is 0. The summed E-state index contributed by atoms with van der Waals surface area (Å²) in [6.07, 6.45) is 9.56. The van der Waals surface area contributed by atoms with Gasteiger partial charge in [-0.2, -0.15) is 0 Å². The van der Waals surface area contributed by atoms with Gasteiger partial charge in [-0.15, -0.1) is 0 Å². The van der Waals surface area contributed by atoms with Gasteiger partial charge in [-0.25, -0.2) is 0 Å². The first-order valence-electron chi connectivity index (χ1n) is 9.47. The highest BCUT2D eigenvalue weighted by molar-refractivity contribution is 5.74. The summed E-state index contributed by atoms with van der Waals surface area (Å²) >= 11 is 0. The van der Waals surface area contributed by atoms with Crippen LogP contribution in [0.4, 0.5) is 0 Å². The summed E-state index contributed by atoms with van der Waals surface area (Å²) in [5.74, 6) is 0.745. The van der Waals surface area contributed by atoms with Gasteiger partial charge in [0, 0.05) is 11.8 Å². The van der Waals surface area contributed by atoms with E-state index in [1.54, 1.807) is 0 Å². The molecular weight excluding hydrogens is 312 g/mol. The van der Waals surface area contributed by atoms with E-state index in [0.717, 1.165) is 0 Å². The summed E-state index contributed by atoms with van der Waals surface area (Å²) in [5, 5.41) is 0. The molecule has 0 amide bonds. The van der Waals surface area contributed by atoms with Crippen LogP contribution in [0.2, 0.25) is 0 Å². The zero-order valence-corrected chi connectivity index (χ0v) is 16.1. The van der Waals surface area contributed by atoms with Crippen molar-refractivity contribution in [3.63, 3.8) is 0 Å². The van der Waals surface area contributed by atoms with E-state index in [4.69, 9.17) is 0 Å². The predicted octanol–water partition coefficient (Wildman–Crippen LogP) is 7.33. The van der Waals surface area contributed by atoms with Gasteiger partial charge in [-0.05, 0) is 49.9 Å². The van der Waals surface area contributed by atoms with Crippen LogP contribution in [-0.2, 0) is 0 Å². The third kappa shape index (κ3) is 2.90. The topological polar surface area (TPSA) is 0 Å². The van der Waals surface area contributed by atoms with Gasteiger partial charge in [0.2, 0.25) is 0 Å². The Balaban J connectivity index is 1.84. The van der Waals surface area contributed by atoms with Crippen molar-refractivity contribution < 1.29 is 0 Å². The molecule has 2 aromatic rings. The molecule has 2 aromatic carbocycles. The van der Waals surface area contributed by atoms with Crippen LogP contribution in [0, 0.1) is 0 Å². The van der Waals surface area contributed by atoms with Crippen LogP contribution in [0.5, 0.6) is 0 Å². The maximum atomic E-state index is 2.39. The Kier molecular flexibility index (Phi) is 4.28. The lowest BCUT2D eigenvalue weighted by Gasteiger charge is -2.18. The summed E-state index contributed by atoms with van der Waals surface area (Å²) in [6, 6.07) is 17.8. The molecule has 0 fully saturated rings. The Hall–Kier alpha value is -2.60. The quantitative estimate of drug-likeness (QED) is 0.549. The molecule has 0 aliphatic heterocycles. The van der Waals surface area contributed by atoms with Crippen LogP contribution in [0.25, 0.3) is 11.1 Å². The van der Waals surface area contributed by atoms with Gasteiger partial charge in [-0.3, -0.25) is 0 Å². The van der Waals surface area contributed by atoms with Gasteiger partial charge in [0.1, 0.15) is 0 Å². The van der Waals surface area contributed by atoms with Crippen molar-refractivity contribution in [1.29, 1.82) is 0 Å². The van der Waals surface area contributed by atoms with E-state index in [1.165, 1.54) is 44.5 Å². The Morgan fingerprint density at radius 2 is 0.769 bits per heavy atom. The fourth-order valence-electron chi connectivity index (χ4n) is 4.12. The Labute approximate surface area is 157 Å². The average Bonchev–Trinajstić information content (AvgIpc) is 3.17. The first-order chi connectivity index (χ1) is 12.5. The summed E-state index contributed by atoms with van der Waals surface area (Å²) < 4.78 is 0. The highest BCUT2D eigenvalue weighted by Gasteiger charge is 2.21. The second-order valence-corrected chi connectivity index (χ2v) is 7.62. The lowest BCUT2D eigenvalue weighted by molar-refractivity contribution is 1.08. The van der Waals surface area contributed by atoms with E-state index in [1.807, 2.05) is 0 Å². The minimum Gasteiger partial charge on any atom is -0.0700 e. The van der Waals surface area contributed by atoms with E-state index in [9.17, 15) is 0 Å². The summed E-state index contributed by atoms with van der Waals surface area (Å²) in [4.78, 5) is 0. The molecule has 0 N–H and O–H groups in total. The van der Waals surface area contributed by atoms with E-state index < -0.39 is 0 Å². The normalized spacial score (nSPS) is 17.8. The molecule has 0 aromatic heterocycles. The lowest BCUT2D eigenvalue weighted by atomic mass is 9.85. The van der Waals surface area contributed by atoms with E-state index in [0.29, 0.717) is 11.8 Å². The highest BCUT2D eigenvalue weighted by Crippen LogP contribution is 2.41. The van der Waals surface area contributed by atoms with Crippen molar-refractivity contribution in [1.82, 2.24) is 0 Å². The zero-order valence-electron chi connectivity index (χ0n) is 16.1. The highest BCUT2D eigenvalue weighted by atomic mass is 14.3. The molecule has 0 bridgehead atoms. The van der Waals surface area contributed by atoms with Crippen molar-refractivity contribution in [3.8, 4) is 11.1 Å². The van der Waals surface area contributed by atoms with Crippen LogP contribution in [-0.4, -0.2) is 0 Å². The standard InChI is InChI=1S/C26H26/c1-17-13-21(14-18(17)2)23-9-5-7-11-25(23)26-12-8-6-10-24(26)22-15-19(3)20(4)16-22/h5-16,21-22H,1-4H3. The maximum Gasteiger partial charge on any atom is 0.0216 e. The SMILES string of the molecule is CC1=CC(c2ccccc2-c2ccccc2C2C=C(C)C(C)=C2)C=C1C. The molecule has 26 heavy (non-hydrogen) atoms. The van der Waals surface area contributed by atoms with Crippen LogP contribution < -0.4 is 0 Å². The number of benzene rings is 2. The molecule has 0 nitrogen and oxygen atoms in total. The summed E-state index contributed by atoms with van der Waals surface area (Å²) in [6.45, 7) is 8.84. The van der Waals surface area contributed by atoms with Gasteiger partial charge in [0.05, 0.1) is 0 Å². The molecule has 130 valence electrons. The number of rotatable bonds is 3. The maximum absolute atomic E-state index is 2.39. The molecule has 2 aliphatic rings. The fraction of sp³-hybridized carbons (Fsp3) is 0.231. The molecular formula is C26H26. The molecule has 0 atom stereocenters. The molecule has 2 aliphatic carbocycles. The predicted molar refractivity (Wildman–Crippen MR) is 112 cm³/mol. The monoisotopic (exact) mass is 338 g/mol. The van der Waals surface area contributed by atoms with Gasteiger partial charge < -0.3 is 0 Å². The van der Waals surface area contributed by atoms with Crippen molar-refractivity contribution in [2.45, 2.75) is 39.5 Å². The second kappa shape index (κ2) is 6.61. The van der Waals surface area contributed by atoms with E-state index in [2.05, 4.69) is 101 Å². The van der Waals surface area contributed by atoms with Crippen molar-refractivity contribution in [2.24, 2.45) is 0 Å². The number of hydrogen-bond acceptors (Lipinski definition) is 0. The average molecular weight is 338 g/mol. The number of allylic oxidation sites excluding steroid dienone is 8. The van der Waals surface area contributed by atoms with Crippen molar-refractivity contribution >= 4 is 0 Å². The Morgan fingerprint density at radius 3 is 1.12 bits per heavy atom. The molecule has 0 radical (unpaired) electrons. The van der Waals surface area contributed by atoms with Gasteiger partial charge in [0.25, 0.3) is 0 Å². The third-order valence-electron chi connectivity index (χ3n) is 5.89. The van der Waals surface area contributed by atoms with Gasteiger partial charge in [0.15, 0.2) is 0 Å². The van der Waals surface area contributed by atoms with E-state index in [-0.39, 0.29) is 0 Å². The summed E-state index contributed by atoms with van der Waals surface area (Å²) in [5.41, 5.74) is 11.1. The fourth-order valence-corrected chi connectivity index (χ4v) is 4.12. The second-order valence-electron chi connectivity index (χ2n) is 7.62. The first kappa shape index (κ1) is 16.8. The van der Waals surface area contributed by atoms with Gasteiger partial charge >= 0.3 is 0 Å². The lowest BCUT2D eigenvalue weighted by Crippen LogP contribution is -1.98. The van der Waals surface area contributed by atoms with Crippen LogP contribution in [0.1, 0.15) is 50.7 Å². The number of hydrogen-bond donors (Lipinski definition) is 0. The Morgan fingerprint density at radius 1 is 0.462 bits per heavy atom. The van der Waals surface area contributed by atoms with Crippen molar-refractivity contribution in [3.05, 3.63) is 106 Å². The van der Waals surface area contributed by atoms with Crippen LogP contribution in [0.15, 0.2) is 95.1 Å². The largest absolute Gasteiger partial charge is 0.0700 e. The van der Waals surface area contributed by atoms with Crippen LogP contribution >= 0.6 is 0 Å². The minimum absolute atomic E-state index is 0.373. The van der Waals surface area contributed by atoms with Crippen LogP contribution in [0.3, 0.4) is 0 Å². The van der Waals surface area contributed by atoms with E-state index >= 15 is 0 Å². The zero-order chi connectivity index (χ0) is 18.3. The minimum atomic E-state index is 0.373. The third-order valence-corrected chi connectivity index (χ3v) is 5.89. The molecule has 0 unspecified atom stereocenters. The van der Waals surface area contributed by atoms with Crippen molar-refractivity contribution in [2.75, 3.05) is 0 Å². The molecule has 4 rings (SSSR count). The first-order valence-corrected chi connectivity index (χ1v) is 9.47. The molecule has 0 heterocycles. The van der Waals surface area contributed by atoms with Gasteiger partial charge in [-0.1, -0.05) is 95.1 Å². The Bertz CT molecular complexity index is 861. The molecule has 0 spiro atoms. The smallest absolute Gasteiger partial charge is 0.0216 e. The molecule has 0 saturated carbocycles. The molecule has 0 saturated heterocycles.